The van der Waals surface area contributed by atoms with E-state index >= 15 is 0 Å². The Bertz CT molecular complexity index is 660. The molecule has 2 heterocycles. The van der Waals surface area contributed by atoms with Crippen molar-refractivity contribution in [2.75, 3.05) is 20.3 Å². The summed E-state index contributed by atoms with van der Waals surface area (Å²) in [7, 11) is -2.36. The standard InChI is InChI=1S/C11H14N2O6S2/c1-12-21(17,18)7-4-8(20-5-7)9(14)13-11(10(15)16)2-3-19-6-11/h4-5,12H,2-3,6H2,1H3,(H,13,14)(H,15,16). The van der Waals surface area contributed by atoms with E-state index in [0.29, 0.717) is 0 Å². The Hall–Kier alpha value is -1.49. The highest BCUT2D eigenvalue weighted by Crippen LogP contribution is 2.23. The highest BCUT2D eigenvalue weighted by molar-refractivity contribution is 7.89. The molecule has 1 aromatic rings. The first kappa shape index (κ1) is 15.9. The van der Waals surface area contributed by atoms with Gasteiger partial charge in [0, 0.05) is 18.4 Å². The van der Waals surface area contributed by atoms with Crippen LogP contribution in [0.1, 0.15) is 16.1 Å². The molecule has 1 saturated heterocycles. The number of carbonyl (C=O) groups excluding carboxylic acids is 1. The fourth-order valence-corrected chi connectivity index (χ4v) is 3.76. The molecular formula is C11H14N2O6S2. The summed E-state index contributed by atoms with van der Waals surface area (Å²) >= 11 is 0.929. The predicted molar refractivity (Wildman–Crippen MR) is 73.8 cm³/mol. The first-order valence-electron chi connectivity index (χ1n) is 5.96. The van der Waals surface area contributed by atoms with E-state index in [1.807, 2.05) is 0 Å². The molecule has 8 nitrogen and oxygen atoms in total. The van der Waals surface area contributed by atoms with Crippen LogP contribution in [0.2, 0.25) is 0 Å². The van der Waals surface area contributed by atoms with Gasteiger partial charge in [0.15, 0.2) is 5.54 Å². The van der Waals surface area contributed by atoms with Crippen LogP contribution in [-0.2, 0) is 19.6 Å². The number of rotatable bonds is 5. The van der Waals surface area contributed by atoms with E-state index in [2.05, 4.69) is 10.0 Å². The molecule has 116 valence electrons. The number of carbonyl (C=O) groups is 2. The van der Waals surface area contributed by atoms with E-state index in [1.54, 1.807) is 0 Å². The minimum absolute atomic E-state index is 0.0350. The molecule has 0 radical (unpaired) electrons. The first-order valence-corrected chi connectivity index (χ1v) is 8.33. The lowest BCUT2D eigenvalue weighted by Crippen LogP contribution is -2.55. The summed E-state index contributed by atoms with van der Waals surface area (Å²) in [5, 5.41) is 13.0. The molecule has 1 aliphatic rings. The quantitative estimate of drug-likeness (QED) is 0.675. The van der Waals surface area contributed by atoms with Gasteiger partial charge in [-0.1, -0.05) is 0 Å². The minimum Gasteiger partial charge on any atom is -0.479 e. The predicted octanol–water partition coefficient (Wildman–Crippen LogP) is -0.370. The number of carboxylic acids is 1. The summed E-state index contributed by atoms with van der Waals surface area (Å²) in [6, 6.07) is 1.21. The van der Waals surface area contributed by atoms with Gasteiger partial charge >= 0.3 is 5.97 Å². The highest BCUT2D eigenvalue weighted by atomic mass is 32.2. The number of hydrogen-bond acceptors (Lipinski definition) is 6. The first-order chi connectivity index (χ1) is 9.81. The van der Waals surface area contributed by atoms with E-state index in [1.165, 1.54) is 18.5 Å². The van der Waals surface area contributed by atoms with Crippen molar-refractivity contribution in [2.45, 2.75) is 16.9 Å². The smallest absolute Gasteiger partial charge is 0.331 e. The van der Waals surface area contributed by atoms with Crippen LogP contribution in [-0.4, -0.2) is 51.2 Å². The van der Waals surface area contributed by atoms with Gasteiger partial charge in [-0.25, -0.2) is 17.9 Å². The van der Waals surface area contributed by atoms with Crippen molar-refractivity contribution in [3.8, 4) is 0 Å². The van der Waals surface area contributed by atoms with E-state index in [-0.39, 0.29) is 29.4 Å². The van der Waals surface area contributed by atoms with Crippen molar-refractivity contribution in [2.24, 2.45) is 0 Å². The molecule has 10 heteroatoms. The second-order valence-corrected chi connectivity index (χ2v) is 7.30. The molecule has 3 N–H and O–H groups in total. The molecule has 0 aliphatic carbocycles. The van der Waals surface area contributed by atoms with E-state index in [9.17, 15) is 23.1 Å². The van der Waals surface area contributed by atoms with Crippen molar-refractivity contribution in [3.05, 3.63) is 16.3 Å². The normalized spacial score (nSPS) is 22.1. The lowest BCUT2D eigenvalue weighted by molar-refractivity contribution is -0.144. The molecule has 1 aromatic heterocycles. The molecule has 0 spiro atoms. The van der Waals surface area contributed by atoms with Crippen molar-refractivity contribution in [1.29, 1.82) is 0 Å². The molecule has 1 atom stereocenters. The van der Waals surface area contributed by atoms with Crippen molar-refractivity contribution >= 4 is 33.2 Å². The number of aliphatic carboxylic acids is 1. The number of hydrogen-bond donors (Lipinski definition) is 3. The Morgan fingerprint density at radius 1 is 1.48 bits per heavy atom. The molecule has 0 saturated carbocycles. The van der Waals surface area contributed by atoms with Crippen molar-refractivity contribution in [3.63, 3.8) is 0 Å². The van der Waals surface area contributed by atoms with Crippen LogP contribution < -0.4 is 10.0 Å². The lowest BCUT2D eigenvalue weighted by Gasteiger charge is -2.23. The van der Waals surface area contributed by atoms with Gasteiger partial charge in [0.2, 0.25) is 10.0 Å². The molecule has 2 rings (SSSR count). The second-order valence-electron chi connectivity index (χ2n) is 4.50. The average molecular weight is 334 g/mol. The number of sulfonamides is 1. The maximum atomic E-state index is 12.1. The largest absolute Gasteiger partial charge is 0.479 e. The summed E-state index contributed by atoms with van der Waals surface area (Å²) in [5.74, 6) is -1.81. The van der Waals surface area contributed by atoms with E-state index in [0.717, 1.165) is 11.3 Å². The van der Waals surface area contributed by atoms with Crippen LogP contribution in [0.4, 0.5) is 0 Å². The van der Waals surface area contributed by atoms with Gasteiger partial charge in [-0.2, -0.15) is 0 Å². The van der Waals surface area contributed by atoms with Crippen LogP contribution in [0, 0.1) is 0 Å². The molecular weight excluding hydrogens is 320 g/mol. The van der Waals surface area contributed by atoms with Gasteiger partial charge in [-0.15, -0.1) is 11.3 Å². The fourth-order valence-electron chi connectivity index (χ4n) is 1.86. The Morgan fingerprint density at radius 3 is 2.71 bits per heavy atom. The van der Waals surface area contributed by atoms with E-state index < -0.39 is 27.4 Å². The lowest BCUT2D eigenvalue weighted by atomic mass is 9.99. The molecule has 1 aliphatic heterocycles. The van der Waals surface area contributed by atoms with Crippen molar-refractivity contribution < 1.29 is 27.9 Å². The van der Waals surface area contributed by atoms with Crippen LogP contribution in [0.15, 0.2) is 16.3 Å². The summed E-state index contributed by atoms with van der Waals surface area (Å²) in [6.07, 6.45) is 0.168. The van der Waals surface area contributed by atoms with Crippen LogP contribution in [0.3, 0.4) is 0 Å². The number of ether oxygens (including phenoxy) is 1. The zero-order valence-corrected chi connectivity index (χ0v) is 12.7. The van der Waals surface area contributed by atoms with Gasteiger partial charge in [0.05, 0.1) is 16.4 Å². The molecule has 1 unspecified atom stereocenters. The van der Waals surface area contributed by atoms with Crippen LogP contribution >= 0.6 is 11.3 Å². The number of thiophene rings is 1. The Kier molecular flexibility index (Phi) is 4.33. The van der Waals surface area contributed by atoms with Gasteiger partial charge in [0.25, 0.3) is 5.91 Å². The summed E-state index contributed by atoms with van der Waals surface area (Å²) in [4.78, 5) is 23.5. The van der Waals surface area contributed by atoms with E-state index in [4.69, 9.17) is 4.74 Å². The molecule has 1 fully saturated rings. The highest BCUT2D eigenvalue weighted by Gasteiger charge is 2.44. The number of nitrogens with one attached hydrogen (secondary N) is 2. The summed E-state index contributed by atoms with van der Waals surface area (Å²) < 4.78 is 30.4. The third kappa shape index (κ3) is 3.07. The third-order valence-electron chi connectivity index (χ3n) is 3.16. The zero-order valence-electron chi connectivity index (χ0n) is 11.1. The third-order valence-corrected chi connectivity index (χ3v) is 5.63. The maximum absolute atomic E-state index is 12.1. The van der Waals surface area contributed by atoms with Crippen LogP contribution in [0.25, 0.3) is 0 Å². The van der Waals surface area contributed by atoms with Crippen LogP contribution in [0.5, 0.6) is 0 Å². The van der Waals surface area contributed by atoms with Gasteiger partial charge in [0.1, 0.15) is 0 Å². The maximum Gasteiger partial charge on any atom is 0.331 e. The topological polar surface area (TPSA) is 122 Å². The summed E-state index contributed by atoms with van der Waals surface area (Å²) in [5.41, 5.74) is -1.46. The summed E-state index contributed by atoms with van der Waals surface area (Å²) in [6.45, 7) is 0.136. The van der Waals surface area contributed by atoms with Crippen molar-refractivity contribution in [1.82, 2.24) is 10.0 Å². The SMILES string of the molecule is CNS(=O)(=O)c1csc(C(=O)NC2(C(=O)O)CCOC2)c1. The Morgan fingerprint density at radius 2 is 2.19 bits per heavy atom. The number of amides is 1. The fraction of sp³-hybridized carbons (Fsp3) is 0.455. The van der Waals surface area contributed by atoms with Gasteiger partial charge < -0.3 is 15.2 Å². The molecule has 0 aromatic carbocycles. The molecule has 0 bridgehead atoms. The monoisotopic (exact) mass is 334 g/mol. The second kappa shape index (κ2) is 5.72. The van der Waals surface area contributed by atoms with Gasteiger partial charge in [-0.3, -0.25) is 4.79 Å². The Balaban J connectivity index is 2.20. The molecule has 21 heavy (non-hydrogen) atoms. The van der Waals surface area contributed by atoms with Gasteiger partial charge in [-0.05, 0) is 13.1 Å². The average Bonchev–Trinajstić information content (AvgIpc) is 3.08. The minimum atomic E-state index is -3.63. The zero-order chi connectivity index (χ0) is 15.7. The number of carboxylic acid groups (broad SMARTS) is 1. The molecule has 1 amide bonds. The Labute approximate surface area is 125 Å².